The fourth-order valence-corrected chi connectivity index (χ4v) is 10.9. The largest absolute Gasteiger partial charge is 0.461 e. The molecule has 3 heterocycles. The van der Waals surface area contributed by atoms with E-state index >= 15 is 0 Å². The van der Waals surface area contributed by atoms with Crippen LogP contribution in [0.4, 0.5) is 0 Å². The van der Waals surface area contributed by atoms with E-state index in [9.17, 15) is 34.5 Å². The molecule has 0 aromatic rings. The van der Waals surface area contributed by atoms with Gasteiger partial charge in [0.2, 0.25) is 5.79 Å². The van der Waals surface area contributed by atoms with Crippen LogP contribution in [0.25, 0.3) is 0 Å². The van der Waals surface area contributed by atoms with Gasteiger partial charge in [-0.25, -0.2) is 4.79 Å². The molecule has 1 saturated carbocycles. The van der Waals surface area contributed by atoms with Crippen molar-refractivity contribution >= 4 is 46.0 Å². The highest BCUT2D eigenvalue weighted by Gasteiger charge is 2.53. The first kappa shape index (κ1) is 55.3. The Morgan fingerprint density at radius 2 is 1.58 bits per heavy atom. The number of hydrogen-bond acceptors (Lipinski definition) is 12. The van der Waals surface area contributed by atoms with Crippen LogP contribution in [0.1, 0.15) is 126 Å². The number of nitrogens with zero attached hydrogens (tertiary/aromatic N) is 1. The second-order valence-corrected chi connectivity index (χ2v) is 21.3. The van der Waals surface area contributed by atoms with Crippen LogP contribution in [0.3, 0.4) is 0 Å². The van der Waals surface area contributed by atoms with Gasteiger partial charge in [0.05, 0.1) is 24.4 Å². The average Bonchev–Trinajstić information content (AvgIpc) is 3.28. The monoisotopic (exact) mass is 1030 g/mol. The van der Waals surface area contributed by atoms with Gasteiger partial charge in [-0.2, -0.15) is 0 Å². The number of halogens is 1. The quantitative estimate of drug-likeness (QED) is 0.0791. The topological polar surface area (TPSA) is 178 Å². The van der Waals surface area contributed by atoms with E-state index in [1.54, 1.807) is 28.1 Å². The van der Waals surface area contributed by atoms with Gasteiger partial charge >= 0.3 is 5.97 Å². The molecule has 4 rings (SSSR count). The maximum absolute atomic E-state index is 14.5. The molecule has 0 aromatic carbocycles. The minimum Gasteiger partial charge on any atom is -0.461 e. The molecule has 16 atom stereocenters. The van der Waals surface area contributed by atoms with E-state index in [1.807, 2.05) is 64.2 Å². The lowest BCUT2D eigenvalue weighted by Gasteiger charge is -2.43. The van der Waals surface area contributed by atoms with Gasteiger partial charge in [0.15, 0.2) is 5.78 Å². The highest BCUT2D eigenvalue weighted by atomic mass is 127. The average molecular weight is 1030 g/mol. The summed E-state index contributed by atoms with van der Waals surface area (Å²) in [4.78, 5) is 58.0. The van der Waals surface area contributed by atoms with Gasteiger partial charge in [-0.1, -0.05) is 93.7 Å². The lowest BCUT2D eigenvalue weighted by atomic mass is 9.78. The number of methoxy groups -OCH3 is 3. The predicted molar refractivity (Wildman–Crippen MR) is 258 cm³/mol. The molecular formula is C51H80INO12. The number of rotatable bonds is 6. The van der Waals surface area contributed by atoms with Crippen LogP contribution in [-0.4, -0.2) is 130 Å². The van der Waals surface area contributed by atoms with Crippen LogP contribution in [-0.2, 0) is 42.9 Å². The minimum absolute atomic E-state index is 0.0630. The number of alkyl halides is 1. The second-order valence-electron chi connectivity index (χ2n) is 19.7. The van der Waals surface area contributed by atoms with E-state index in [4.69, 9.17) is 23.7 Å². The predicted octanol–water partition coefficient (Wildman–Crippen LogP) is 7.42. The van der Waals surface area contributed by atoms with Crippen LogP contribution in [0, 0.1) is 35.5 Å². The number of Topliss-reactive ketones (excluding diaryl/α,β-unsaturated/α-hetero) is 2. The summed E-state index contributed by atoms with van der Waals surface area (Å²) in [6.45, 7) is 13.6. The molecule has 1 amide bonds. The number of aliphatic hydroxyl groups excluding tert-OH is 2. The number of aliphatic hydroxyl groups is 3. The zero-order valence-electron chi connectivity index (χ0n) is 40.7. The Hall–Kier alpha value is -2.31. The number of esters is 1. The maximum atomic E-state index is 14.5. The summed E-state index contributed by atoms with van der Waals surface area (Å²) in [5, 5.41) is 34.0. The second kappa shape index (κ2) is 25.9. The van der Waals surface area contributed by atoms with Crippen LogP contribution in [0.2, 0.25) is 0 Å². The molecule has 0 radical (unpaired) electrons. The van der Waals surface area contributed by atoms with Gasteiger partial charge in [-0.05, 0) is 119 Å². The minimum atomic E-state index is -2.38. The smallest absolute Gasteiger partial charge is 0.329 e. The van der Waals surface area contributed by atoms with E-state index in [0.717, 1.165) is 12.0 Å². The molecule has 2 bridgehead atoms. The number of carbonyl (C=O) groups is 4. The summed E-state index contributed by atoms with van der Waals surface area (Å²) in [6.07, 6.45) is 13.8. The van der Waals surface area contributed by atoms with Crippen LogP contribution in [0.15, 0.2) is 47.6 Å². The van der Waals surface area contributed by atoms with E-state index in [1.165, 1.54) is 12.0 Å². The van der Waals surface area contributed by atoms with Gasteiger partial charge in [0.25, 0.3) is 11.7 Å². The molecule has 3 fully saturated rings. The number of allylic oxidation sites excluding steroid dienone is 6. The molecule has 13 nitrogen and oxygen atoms in total. The molecule has 14 heteroatoms. The van der Waals surface area contributed by atoms with Gasteiger partial charge in [0.1, 0.15) is 24.4 Å². The molecule has 1 aliphatic carbocycles. The zero-order valence-corrected chi connectivity index (χ0v) is 42.8. The van der Waals surface area contributed by atoms with E-state index in [2.05, 4.69) is 29.5 Å². The number of cyclic esters (lactones) is 1. The summed E-state index contributed by atoms with van der Waals surface area (Å²) < 4.78 is 29.7. The zero-order chi connectivity index (χ0) is 48.2. The van der Waals surface area contributed by atoms with Crippen molar-refractivity contribution in [2.45, 2.75) is 184 Å². The van der Waals surface area contributed by atoms with E-state index in [-0.39, 0.29) is 51.9 Å². The van der Waals surface area contributed by atoms with Crippen molar-refractivity contribution < 1.29 is 58.2 Å². The first-order chi connectivity index (χ1) is 30.7. The fraction of sp³-hybridized carbons (Fsp3) is 0.765. The third-order valence-corrected chi connectivity index (χ3v) is 16.3. The van der Waals surface area contributed by atoms with Crippen LogP contribution < -0.4 is 0 Å². The lowest BCUT2D eigenvalue weighted by molar-refractivity contribution is -0.265. The Balaban J connectivity index is 1.70. The number of carbonyl (C=O) groups excluding carboxylic acids is 4. The number of ketones is 2. The Morgan fingerprint density at radius 3 is 2.26 bits per heavy atom. The van der Waals surface area contributed by atoms with Crippen molar-refractivity contribution in [2.24, 2.45) is 35.5 Å². The molecular weight excluding hydrogens is 945 g/mol. The number of hydrogen-bond donors (Lipinski definition) is 3. The normalized spacial score (nSPS) is 41.5. The lowest BCUT2D eigenvalue weighted by Crippen LogP contribution is -2.61. The summed E-state index contributed by atoms with van der Waals surface area (Å²) >= 11 is 2.36. The van der Waals surface area contributed by atoms with Crippen LogP contribution >= 0.6 is 22.6 Å². The fourth-order valence-electron chi connectivity index (χ4n) is 10.2. The highest BCUT2D eigenvalue weighted by Crippen LogP contribution is 2.38. The molecule has 2 saturated heterocycles. The molecule has 0 aromatic heterocycles. The Bertz CT molecular complexity index is 1710. The summed E-state index contributed by atoms with van der Waals surface area (Å²) in [7, 11) is 4.65. The molecule has 3 aliphatic heterocycles. The van der Waals surface area contributed by atoms with Crippen LogP contribution in [0.5, 0.6) is 0 Å². The van der Waals surface area contributed by atoms with Crippen molar-refractivity contribution in [2.75, 3.05) is 27.9 Å². The summed E-state index contributed by atoms with van der Waals surface area (Å²) in [5.74, 6) is -6.20. The first-order valence-corrected chi connectivity index (χ1v) is 25.3. The van der Waals surface area contributed by atoms with Crippen molar-refractivity contribution in [3.63, 3.8) is 0 Å². The number of ether oxygens (including phenoxy) is 5. The number of piperidine rings is 1. The van der Waals surface area contributed by atoms with Gasteiger partial charge < -0.3 is 43.9 Å². The Labute approximate surface area is 402 Å². The van der Waals surface area contributed by atoms with Gasteiger partial charge in [0, 0.05) is 50.1 Å². The van der Waals surface area contributed by atoms with Crippen molar-refractivity contribution in [1.82, 2.24) is 4.90 Å². The standard InChI is InChI=1S/C51H80INO12/c1-30-16-12-11-13-17-31(2)42(61-8)28-38-21-19-36(7)51(60,65-38)48(57)49(58)53-23-15-14-18-40(53)50(59)64-43(33(4)26-37-20-22-41(54)44(27-37)62-9)29-39(52)32(3)25-35(6)46(56)47(63-10)45(55)34(5)24-30/h11-13,16-17,25,30,32-34,36-44,46-47,54,56,60H,14-15,18-24,26-29H2,1-10H3/b13-11+,16-12+,31-17+,35-25+/t30-,32-,33-,34-,36-,37+,38+,39+,40+,41-,42+,43+,44-,46-,47+,51-/m1/s1. The first-order valence-electron chi connectivity index (χ1n) is 24.0. The molecule has 0 unspecified atom stereocenters. The van der Waals surface area contributed by atoms with Crippen molar-refractivity contribution in [3.8, 4) is 0 Å². The van der Waals surface area contributed by atoms with Crippen molar-refractivity contribution in [1.29, 1.82) is 0 Å². The highest BCUT2D eigenvalue weighted by molar-refractivity contribution is 14.1. The summed E-state index contributed by atoms with van der Waals surface area (Å²) in [5.41, 5.74) is 1.50. The van der Waals surface area contributed by atoms with Gasteiger partial charge in [-0.15, -0.1) is 0 Å². The SMILES string of the molecule is CO[C@H]1C[C@@H]2CC[C@@H](C)[C@@](O)(O2)C(=O)C(=O)N2CCCC[C@H]2C(=O)O[C@H]([C@H](C)C[C@@H]2CC[C@@H](O)[C@H](OC)C2)C[C@H](I)[C@H](C)/C=C(\C)[C@@H](O)[C@@H](OC)C(=O)[C@H](C)C[C@H](C)/C=C/C=C/C=C/1C. The van der Waals surface area contributed by atoms with Crippen molar-refractivity contribution in [3.05, 3.63) is 47.6 Å². The number of fused-ring (bicyclic) bond motifs is 3. The summed E-state index contributed by atoms with van der Waals surface area (Å²) in [6, 6.07) is -1.03. The molecule has 0 spiro atoms. The molecule has 368 valence electrons. The van der Waals surface area contributed by atoms with Gasteiger partial charge in [-0.3, -0.25) is 14.4 Å². The number of amides is 1. The third kappa shape index (κ3) is 14.8. The molecule has 4 aliphatic rings. The molecule has 65 heavy (non-hydrogen) atoms. The maximum Gasteiger partial charge on any atom is 0.329 e. The van der Waals surface area contributed by atoms with E-state index < -0.39 is 72.0 Å². The molecule has 3 N–H and O–H groups in total. The third-order valence-electron chi connectivity index (χ3n) is 14.6. The Morgan fingerprint density at radius 1 is 0.862 bits per heavy atom. The Kier molecular flexibility index (Phi) is 22.0. The van der Waals surface area contributed by atoms with E-state index in [0.29, 0.717) is 76.2 Å².